The van der Waals surface area contributed by atoms with Crippen LogP contribution in [0, 0.1) is 0 Å². The third-order valence-corrected chi connectivity index (χ3v) is 4.27. The lowest BCUT2D eigenvalue weighted by atomic mass is 9.93. The Morgan fingerprint density at radius 1 is 0.864 bits per heavy atom. The highest BCUT2D eigenvalue weighted by molar-refractivity contribution is 5.29. The van der Waals surface area contributed by atoms with Gasteiger partial charge in [-0.3, -0.25) is 4.84 Å². The first-order chi connectivity index (χ1) is 10.8. The standard InChI is InChI=1S/C19H23NO2/c21-18-14-8-7-13-17(18)20-22-19(15-9-3-1-4-10-15)16-11-5-2-6-12-16/h1-6,9-12,17-21H,7-8,13-14H2/t17-,18-/m1/s1. The van der Waals surface area contributed by atoms with Crippen molar-refractivity contribution in [3.05, 3.63) is 71.8 Å². The lowest BCUT2D eigenvalue weighted by Gasteiger charge is -2.30. The van der Waals surface area contributed by atoms with Crippen molar-refractivity contribution in [2.45, 2.75) is 43.9 Å². The molecule has 116 valence electrons. The van der Waals surface area contributed by atoms with Crippen molar-refractivity contribution < 1.29 is 9.94 Å². The summed E-state index contributed by atoms with van der Waals surface area (Å²) in [6.07, 6.45) is 3.55. The summed E-state index contributed by atoms with van der Waals surface area (Å²) < 4.78 is 0. The molecule has 0 radical (unpaired) electrons. The largest absolute Gasteiger partial charge is 0.391 e. The third kappa shape index (κ3) is 3.74. The van der Waals surface area contributed by atoms with E-state index in [2.05, 4.69) is 29.7 Å². The van der Waals surface area contributed by atoms with Crippen LogP contribution >= 0.6 is 0 Å². The lowest BCUT2D eigenvalue weighted by molar-refractivity contribution is -0.0642. The van der Waals surface area contributed by atoms with Gasteiger partial charge < -0.3 is 5.11 Å². The van der Waals surface area contributed by atoms with E-state index in [1.807, 2.05) is 36.4 Å². The highest BCUT2D eigenvalue weighted by atomic mass is 16.7. The predicted molar refractivity (Wildman–Crippen MR) is 87.2 cm³/mol. The molecule has 0 heterocycles. The fourth-order valence-electron chi connectivity index (χ4n) is 2.99. The molecular formula is C19H23NO2. The second-order valence-corrected chi connectivity index (χ2v) is 5.90. The van der Waals surface area contributed by atoms with Crippen molar-refractivity contribution >= 4 is 0 Å². The normalized spacial score (nSPS) is 21.9. The first-order valence-electron chi connectivity index (χ1n) is 8.04. The van der Waals surface area contributed by atoms with E-state index >= 15 is 0 Å². The van der Waals surface area contributed by atoms with E-state index in [1.165, 1.54) is 0 Å². The molecule has 3 rings (SSSR count). The third-order valence-electron chi connectivity index (χ3n) is 4.27. The number of hydrogen-bond donors (Lipinski definition) is 2. The summed E-state index contributed by atoms with van der Waals surface area (Å²) in [5.74, 6) is 0. The van der Waals surface area contributed by atoms with E-state index in [0.29, 0.717) is 0 Å². The van der Waals surface area contributed by atoms with E-state index in [4.69, 9.17) is 4.84 Å². The summed E-state index contributed by atoms with van der Waals surface area (Å²) in [7, 11) is 0. The quantitative estimate of drug-likeness (QED) is 0.829. The van der Waals surface area contributed by atoms with E-state index in [-0.39, 0.29) is 18.2 Å². The van der Waals surface area contributed by atoms with Crippen molar-refractivity contribution in [1.82, 2.24) is 5.48 Å². The molecule has 0 saturated heterocycles. The molecule has 3 nitrogen and oxygen atoms in total. The van der Waals surface area contributed by atoms with Gasteiger partial charge in [0.05, 0.1) is 12.1 Å². The lowest BCUT2D eigenvalue weighted by Crippen LogP contribution is -2.42. The maximum Gasteiger partial charge on any atom is 0.129 e. The Labute approximate surface area is 131 Å². The van der Waals surface area contributed by atoms with Crippen LogP contribution in [0.1, 0.15) is 42.9 Å². The molecule has 0 unspecified atom stereocenters. The minimum absolute atomic E-state index is 0.0173. The van der Waals surface area contributed by atoms with Gasteiger partial charge in [-0.1, -0.05) is 73.5 Å². The topological polar surface area (TPSA) is 41.5 Å². The molecule has 1 saturated carbocycles. The summed E-state index contributed by atoms with van der Waals surface area (Å²) in [5, 5.41) is 10.1. The van der Waals surface area contributed by atoms with Gasteiger partial charge in [-0.15, -0.1) is 0 Å². The average molecular weight is 297 g/mol. The van der Waals surface area contributed by atoms with Crippen LogP contribution in [0.25, 0.3) is 0 Å². The van der Waals surface area contributed by atoms with Crippen LogP contribution in [-0.2, 0) is 4.84 Å². The molecule has 2 atom stereocenters. The SMILES string of the molecule is O[C@@H]1CCCC[C@H]1NOC(c1ccccc1)c1ccccc1. The molecule has 2 aromatic carbocycles. The van der Waals surface area contributed by atoms with Gasteiger partial charge in [-0.2, -0.15) is 5.48 Å². The smallest absolute Gasteiger partial charge is 0.129 e. The molecule has 22 heavy (non-hydrogen) atoms. The zero-order chi connectivity index (χ0) is 15.2. The molecule has 2 N–H and O–H groups in total. The van der Waals surface area contributed by atoms with Gasteiger partial charge >= 0.3 is 0 Å². The first kappa shape index (κ1) is 15.2. The number of hydrogen-bond acceptors (Lipinski definition) is 3. The highest BCUT2D eigenvalue weighted by Gasteiger charge is 2.25. The summed E-state index contributed by atoms with van der Waals surface area (Å²) in [4.78, 5) is 6.01. The van der Waals surface area contributed by atoms with Gasteiger partial charge in [-0.25, -0.2) is 0 Å². The average Bonchev–Trinajstić information content (AvgIpc) is 2.59. The molecule has 0 bridgehead atoms. The molecule has 0 aliphatic heterocycles. The molecule has 1 aliphatic rings. The zero-order valence-electron chi connectivity index (χ0n) is 12.7. The molecule has 3 heteroatoms. The first-order valence-corrected chi connectivity index (χ1v) is 8.04. The predicted octanol–water partition coefficient (Wildman–Crippen LogP) is 3.60. The summed E-state index contributed by atoms with van der Waals surface area (Å²) >= 11 is 0. The fourth-order valence-corrected chi connectivity index (χ4v) is 2.99. The second kappa shape index (κ2) is 7.54. The Hall–Kier alpha value is -1.68. The van der Waals surface area contributed by atoms with Gasteiger partial charge in [-0.05, 0) is 24.0 Å². The Balaban J connectivity index is 1.74. The van der Waals surface area contributed by atoms with Crippen LogP contribution < -0.4 is 5.48 Å². The number of aliphatic hydroxyl groups excluding tert-OH is 1. The fraction of sp³-hybridized carbons (Fsp3) is 0.368. The van der Waals surface area contributed by atoms with Crippen molar-refractivity contribution in [3.63, 3.8) is 0 Å². The number of benzene rings is 2. The van der Waals surface area contributed by atoms with E-state index in [9.17, 15) is 5.11 Å². The summed E-state index contributed by atoms with van der Waals surface area (Å²) in [6, 6.07) is 20.4. The Morgan fingerprint density at radius 3 is 1.95 bits per heavy atom. The van der Waals surface area contributed by atoms with Gasteiger partial charge in [0.25, 0.3) is 0 Å². The van der Waals surface area contributed by atoms with E-state index < -0.39 is 0 Å². The molecule has 0 amide bonds. The Kier molecular flexibility index (Phi) is 5.22. The maximum atomic E-state index is 10.1. The Bertz CT molecular complexity index is 519. The number of nitrogens with one attached hydrogen (secondary N) is 1. The molecule has 2 aromatic rings. The molecule has 0 aromatic heterocycles. The van der Waals surface area contributed by atoms with Crippen molar-refractivity contribution in [2.75, 3.05) is 0 Å². The van der Waals surface area contributed by atoms with Gasteiger partial charge in [0, 0.05) is 0 Å². The number of hydroxylamine groups is 1. The van der Waals surface area contributed by atoms with Crippen molar-refractivity contribution in [2.24, 2.45) is 0 Å². The zero-order valence-corrected chi connectivity index (χ0v) is 12.7. The van der Waals surface area contributed by atoms with Crippen molar-refractivity contribution in [1.29, 1.82) is 0 Å². The maximum absolute atomic E-state index is 10.1. The van der Waals surface area contributed by atoms with E-state index in [1.54, 1.807) is 0 Å². The van der Waals surface area contributed by atoms with Crippen molar-refractivity contribution in [3.8, 4) is 0 Å². The molecule has 1 fully saturated rings. The second-order valence-electron chi connectivity index (χ2n) is 5.90. The van der Waals surface area contributed by atoms with Gasteiger partial charge in [0.1, 0.15) is 6.10 Å². The van der Waals surface area contributed by atoms with Crippen LogP contribution in [0.15, 0.2) is 60.7 Å². The molecular weight excluding hydrogens is 274 g/mol. The van der Waals surface area contributed by atoms with Gasteiger partial charge in [0.2, 0.25) is 0 Å². The number of aliphatic hydroxyl groups is 1. The van der Waals surface area contributed by atoms with Crippen LogP contribution in [0.5, 0.6) is 0 Å². The van der Waals surface area contributed by atoms with Crippen LogP contribution in [0.2, 0.25) is 0 Å². The summed E-state index contributed by atoms with van der Waals surface area (Å²) in [6.45, 7) is 0. The van der Waals surface area contributed by atoms with E-state index in [0.717, 1.165) is 36.8 Å². The minimum Gasteiger partial charge on any atom is -0.391 e. The monoisotopic (exact) mass is 297 g/mol. The van der Waals surface area contributed by atoms with Crippen LogP contribution in [-0.4, -0.2) is 17.3 Å². The number of rotatable bonds is 5. The molecule has 0 spiro atoms. The highest BCUT2D eigenvalue weighted by Crippen LogP contribution is 2.26. The summed E-state index contributed by atoms with van der Waals surface area (Å²) in [5.41, 5.74) is 5.32. The Morgan fingerprint density at radius 2 is 1.41 bits per heavy atom. The van der Waals surface area contributed by atoms with Gasteiger partial charge in [0.15, 0.2) is 0 Å². The molecule has 1 aliphatic carbocycles. The minimum atomic E-state index is -0.319. The van der Waals surface area contributed by atoms with Crippen LogP contribution in [0.4, 0.5) is 0 Å². The van der Waals surface area contributed by atoms with Crippen LogP contribution in [0.3, 0.4) is 0 Å².